The predicted octanol–water partition coefficient (Wildman–Crippen LogP) is 1.79. The van der Waals surface area contributed by atoms with Crippen LogP contribution in [-0.4, -0.2) is 11.9 Å². The number of hydrogen-bond donors (Lipinski definition) is 1. The van der Waals surface area contributed by atoms with Crippen LogP contribution < -0.4 is 5.32 Å². The van der Waals surface area contributed by atoms with Gasteiger partial charge < -0.3 is 5.32 Å². The van der Waals surface area contributed by atoms with Crippen molar-refractivity contribution in [1.82, 2.24) is 5.32 Å². The van der Waals surface area contributed by atoms with Gasteiger partial charge in [0.1, 0.15) is 0 Å². The summed E-state index contributed by atoms with van der Waals surface area (Å²) in [5.41, 5.74) is 1.37. The molecule has 0 aliphatic heterocycles. The second-order valence-electron chi connectivity index (χ2n) is 3.24. The molecule has 2 nitrogen and oxygen atoms in total. The molecule has 0 aromatic heterocycles. The molecule has 0 bridgehead atoms. The minimum absolute atomic E-state index is 0.0605. The molecule has 66 valence electrons. The van der Waals surface area contributed by atoms with E-state index in [1.807, 2.05) is 0 Å². The molecule has 0 saturated carbocycles. The Labute approximate surface area is 73.4 Å². The molecular formula is C10H15NO. The van der Waals surface area contributed by atoms with E-state index < -0.39 is 0 Å². The topological polar surface area (TPSA) is 29.1 Å². The number of amides is 1. The summed E-state index contributed by atoms with van der Waals surface area (Å²) >= 11 is 0. The molecule has 1 atom stereocenters. The molecule has 1 rings (SSSR count). The zero-order chi connectivity index (χ0) is 8.97. The van der Waals surface area contributed by atoms with Crippen LogP contribution in [0.25, 0.3) is 0 Å². The fourth-order valence-electron chi connectivity index (χ4n) is 1.49. The number of hydrogen-bond acceptors (Lipinski definition) is 1. The minimum Gasteiger partial charge on any atom is -0.350 e. The van der Waals surface area contributed by atoms with Crippen LogP contribution >= 0.6 is 0 Å². The molecule has 1 aliphatic rings. The standard InChI is InChI=1S/C10H15NO/c1-3-10(12)11-9-6-4-5-8(2)7-9/h3,5,9H,1,4,6-7H2,2H3,(H,11,12). The Kier molecular flexibility index (Phi) is 3.09. The van der Waals surface area contributed by atoms with Crippen LogP contribution in [0.5, 0.6) is 0 Å². The molecule has 1 aliphatic carbocycles. The Morgan fingerprint density at radius 3 is 3.17 bits per heavy atom. The van der Waals surface area contributed by atoms with Crippen molar-refractivity contribution in [3.8, 4) is 0 Å². The molecule has 0 aromatic rings. The van der Waals surface area contributed by atoms with Crippen molar-refractivity contribution in [2.45, 2.75) is 32.2 Å². The van der Waals surface area contributed by atoms with Crippen molar-refractivity contribution in [1.29, 1.82) is 0 Å². The van der Waals surface area contributed by atoms with Gasteiger partial charge in [0.05, 0.1) is 0 Å². The summed E-state index contributed by atoms with van der Waals surface area (Å²) in [6, 6.07) is 0.320. The van der Waals surface area contributed by atoms with E-state index in [0.717, 1.165) is 19.3 Å². The molecule has 0 heterocycles. The van der Waals surface area contributed by atoms with Gasteiger partial charge >= 0.3 is 0 Å². The van der Waals surface area contributed by atoms with Gasteiger partial charge in [-0.3, -0.25) is 4.79 Å². The zero-order valence-corrected chi connectivity index (χ0v) is 7.47. The Morgan fingerprint density at radius 2 is 2.58 bits per heavy atom. The molecular weight excluding hydrogens is 150 g/mol. The molecule has 2 heteroatoms. The van der Waals surface area contributed by atoms with Crippen LogP contribution in [0.15, 0.2) is 24.3 Å². The number of carbonyl (C=O) groups excluding carboxylic acids is 1. The molecule has 0 spiro atoms. The fraction of sp³-hybridized carbons (Fsp3) is 0.500. The summed E-state index contributed by atoms with van der Waals surface area (Å²) in [6.45, 7) is 5.52. The average molecular weight is 165 g/mol. The van der Waals surface area contributed by atoms with Gasteiger partial charge in [-0.05, 0) is 32.3 Å². The second-order valence-corrected chi connectivity index (χ2v) is 3.24. The monoisotopic (exact) mass is 165 g/mol. The van der Waals surface area contributed by atoms with Crippen molar-refractivity contribution in [2.75, 3.05) is 0 Å². The maximum Gasteiger partial charge on any atom is 0.243 e. The molecule has 1 amide bonds. The van der Waals surface area contributed by atoms with Crippen LogP contribution in [0, 0.1) is 0 Å². The normalized spacial score (nSPS) is 22.8. The minimum atomic E-state index is -0.0605. The van der Waals surface area contributed by atoms with E-state index in [9.17, 15) is 4.79 Å². The van der Waals surface area contributed by atoms with Crippen molar-refractivity contribution in [3.63, 3.8) is 0 Å². The lowest BCUT2D eigenvalue weighted by Gasteiger charge is -2.21. The first kappa shape index (κ1) is 9.04. The first-order chi connectivity index (χ1) is 5.72. The van der Waals surface area contributed by atoms with Gasteiger partial charge in [-0.25, -0.2) is 0 Å². The number of carbonyl (C=O) groups is 1. The van der Waals surface area contributed by atoms with Crippen LogP contribution in [0.4, 0.5) is 0 Å². The van der Waals surface area contributed by atoms with E-state index in [1.54, 1.807) is 0 Å². The third-order valence-electron chi connectivity index (χ3n) is 2.11. The van der Waals surface area contributed by atoms with Crippen molar-refractivity contribution >= 4 is 5.91 Å². The highest BCUT2D eigenvalue weighted by molar-refractivity contribution is 5.87. The SMILES string of the molecule is C=CC(=O)NC1CCC=C(C)C1. The summed E-state index contributed by atoms with van der Waals surface area (Å²) in [5.74, 6) is -0.0605. The fourth-order valence-corrected chi connectivity index (χ4v) is 1.49. The van der Waals surface area contributed by atoms with Gasteiger partial charge in [0.15, 0.2) is 0 Å². The molecule has 0 fully saturated rings. The third kappa shape index (κ3) is 2.53. The third-order valence-corrected chi connectivity index (χ3v) is 2.11. The van der Waals surface area contributed by atoms with E-state index in [0.29, 0.717) is 6.04 Å². The second kappa shape index (κ2) is 4.10. The van der Waals surface area contributed by atoms with E-state index in [4.69, 9.17) is 0 Å². The van der Waals surface area contributed by atoms with Crippen molar-refractivity contribution in [3.05, 3.63) is 24.3 Å². The quantitative estimate of drug-likeness (QED) is 0.490. The number of rotatable bonds is 2. The first-order valence-electron chi connectivity index (χ1n) is 4.31. The van der Waals surface area contributed by atoms with E-state index >= 15 is 0 Å². The zero-order valence-electron chi connectivity index (χ0n) is 7.47. The highest BCUT2D eigenvalue weighted by atomic mass is 16.1. The smallest absolute Gasteiger partial charge is 0.243 e. The van der Waals surface area contributed by atoms with Gasteiger partial charge in [-0.15, -0.1) is 0 Å². The number of nitrogens with one attached hydrogen (secondary N) is 1. The van der Waals surface area contributed by atoms with Crippen molar-refractivity contribution < 1.29 is 4.79 Å². The Hall–Kier alpha value is -1.05. The largest absolute Gasteiger partial charge is 0.350 e. The van der Waals surface area contributed by atoms with Gasteiger partial charge in [-0.2, -0.15) is 0 Å². The van der Waals surface area contributed by atoms with Gasteiger partial charge in [-0.1, -0.05) is 18.2 Å². The summed E-state index contributed by atoms with van der Waals surface area (Å²) in [5, 5.41) is 2.90. The van der Waals surface area contributed by atoms with Crippen LogP contribution in [-0.2, 0) is 4.79 Å². The lowest BCUT2D eigenvalue weighted by Crippen LogP contribution is -2.34. The molecule has 1 unspecified atom stereocenters. The molecule has 0 radical (unpaired) electrons. The van der Waals surface area contributed by atoms with Gasteiger partial charge in [0.25, 0.3) is 0 Å². The summed E-state index contributed by atoms with van der Waals surface area (Å²) in [4.78, 5) is 10.9. The molecule has 1 N–H and O–H groups in total. The van der Waals surface area contributed by atoms with E-state index in [1.165, 1.54) is 11.6 Å². The van der Waals surface area contributed by atoms with Crippen LogP contribution in [0.2, 0.25) is 0 Å². The van der Waals surface area contributed by atoms with Gasteiger partial charge in [0, 0.05) is 6.04 Å². The maximum absolute atomic E-state index is 10.9. The van der Waals surface area contributed by atoms with E-state index in [2.05, 4.69) is 24.9 Å². The molecule has 0 saturated heterocycles. The average Bonchev–Trinajstić information content (AvgIpc) is 2.04. The van der Waals surface area contributed by atoms with Crippen LogP contribution in [0.1, 0.15) is 26.2 Å². The summed E-state index contributed by atoms with van der Waals surface area (Å²) in [7, 11) is 0. The summed E-state index contributed by atoms with van der Waals surface area (Å²) in [6.07, 6.45) is 6.68. The Morgan fingerprint density at radius 1 is 1.83 bits per heavy atom. The van der Waals surface area contributed by atoms with Crippen LogP contribution in [0.3, 0.4) is 0 Å². The summed E-state index contributed by atoms with van der Waals surface area (Å²) < 4.78 is 0. The molecule has 0 aromatic carbocycles. The highest BCUT2D eigenvalue weighted by Gasteiger charge is 2.13. The Bertz CT molecular complexity index is 218. The maximum atomic E-state index is 10.9. The number of allylic oxidation sites excluding steroid dienone is 1. The first-order valence-corrected chi connectivity index (χ1v) is 4.31. The lowest BCUT2D eigenvalue weighted by atomic mass is 9.96. The predicted molar refractivity (Wildman–Crippen MR) is 49.7 cm³/mol. The molecule has 12 heavy (non-hydrogen) atoms. The highest BCUT2D eigenvalue weighted by Crippen LogP contribution is 2.17. The van der Waals surface area contributed by atoms with E-state index in [-0.39, 0.29) is 5.91 Å². The van der Waals surface area contributed by atoms with Gasteiger partial charge in [0.2, 0.25) is 5.91 Å². The lowest BCUT2D eigenvalue weighted by molar-refractivity contribution is -0.117. The van der Waals surface area contributed by atoms with Crippen molar-refractivity contribution in [2.24, 2.45) is 0 Å². The Balaban J connectivity index is 2.40.